The summed E-state index contributed by atoms with van der Waals surface area (Å²) < 4.78 is 0. The van der Waals surface area contributed by atoms with Gasteiger partial charge in [0.15, 0.2) is 0 Å². The van der Waals surface area contributed by atoms with Gasteiger partial charge in [-0.15, -0.1) is 0 Å². The lowest BCUT2D eigenvalue weighted by atomic mass is 10.1. The van der Waals surface area contributed by atoms with E-state index in [0.29, 0.717) is 12.1 Å². The molecule has 0 aliphatic heterocycles. The quantitative estimate of drug-likeness (QED) is 0.774. The van der Waals surface area contributed by atoms with Gasteiger partial charge in [0.25, 0.3) is 0 Å². The topological polar surface area (TPSA) is 28.2 Å². The number of hydrogen-bond acceptors (Lipinski definition) is 3. The highest BCUT2D eigenvalue weighted by molar-refractivity contribution is 5.40. The Morgan fingerprint density at radius 1 is 1.16 bits per heavy atom. The van der Waals surface area contributed by atoms with Gasteiger partial charge in [-0.25, -0.2) is 4.98 Å². The molecule has 1 unspecified atom stereocenters. The van der Waals surface area contributed by atoms with E-state index >= 15 is 0 Å². The predicted molar refractivity (Wildman–Crippen MR) is 83.7 cm³/mol. The molecule has 1 aromatic rings. The van der Waals surface area contributed by atoms with E-state index in [1.807, 2.05) is 6.20 Å². The molecule has 1 rings (SSSR count). The molecule has 3 heteroatoms. The van der Waals surface area contributed by atoms with Crippen LogP contribution < -0.4 is 10.2 Å². The van der Waals surface area contributed by atoms with Crippen molar-refractivity contribution in [3.8, 4) is 0 Å². The molecule has 1 aromatic heterocycles. The Morgan fingerprint density at radius 2 is 1.89 bits per heavy atom. The number of nitrogens with zero attached hydrogens (tertiary/aromatic N) is 2. The molecule has 0 amide bonds. The van der Waals surface area contributed by atoms with Crippen LogP contribution in [0.4, 0.5) is 5.82 Å². The zero-order valence-corrected chi connectivity index (χ0v) is 13.1. The maximum absolute atomic E-state index is 4.63. The molecule has 0 radical (unpaired) electrons. The van der Waals surface area contributed by atoms with E-state index in [2.05, 4.69) is 62.0 Å². The Labute approximate surface area is 118 Å². The zero-order valence-electron chi connectivity index (χ0n) is 13.1. The molecule has 0 saturated carbocycles. The van der Waals surface area contributed by atoms with Gasteiger partial charge < -0.3 is 10.2 Å². The Balaban J connectivity index is 2.73. The van der Waals surface area contributed by atoms with Crippen molar-refractivity contribution in [1.82, 2.24) is 10.3 Å². The van der Waals surface area contributed by atoms with Gasteiger partial charge in [0, 0.05) is 24.8 Å². The van der Waals surface area contributed by atoms with Crippen LogP contribution in [0.5, 0.6) is 0 Å². The Kier molecular flexibility index (Phi) is 6.85. The molecule has 0 spiro atoms. The van der Waals surface area contributed by atoms with Crippen LogP contribution in [0.15, 0.2) is 18.3 Å². The minimum atomic E-state index is 0.375. The molecule has 1 heterocycles. The minimum Gasteiger partial charge on any atom is -0.354 e. The molecule has 1 atom stereocenters. The van der Waals surface area contributed by atoms with Crippen molar-refractivity contribution >= 4 is 5.82 Å². The maximum Gasteiger partial charge on any atom is 0.128 e. The third-order valence-electron chi connectivity index (χ3n) is 3.35. The van der Waals surface area contributed by atoms with E-state index in [1.165, 1.54) is 5.56 Å². The van der Waals surface area contributed by atoms with E-state index in [1.54, 1.807) is 0 Å². The summed E-state index contributed by atoms with van der Waals surface area (Å²) in [6.45, 7) is 13.1. The van der Waals surface area contributed by atoms with E-state index in [0.717, 1.165) is 31.7 Å². The first kappa shape index (κ1) is 16.0. The number of nitrogens with one attached hydrogen (secondary N) is 1. The normalized spacial score (nSPS) is 12.7. The van der Waals surface area contributed by atoms with Crippen LogP contribution in [0.3, 0.4) is 0 Å². The van der Waals surface area contributed by atoms with Crippen LogP contribution in [0.2, 0.25) is 0 Å². The standard InChI is InChI=1S/C16H29N3/c1-6-10-17-14(5)15-8-9-16(18-12-15)19(11-7-2)13(3)4/h8-9,12-14,17H,6-7,10-11H2,1-5H3. The minimum absolute atomic E-state index is 0.375. The van der Waals surface area contributed by atoms with Crippen LogP contribution in [-0.4, -0.2) is 24.1 Å². The summed E-state index contributed by atoms with van der Waals surface area (Å²) in [7, 11) is 0. The van der Waals surface area contributed by atoms with Gasteiger partial charge in [0.05, 0.1) is 0 Å². The molecule has 0 aliphatic carbocycles. The average Bonchev–Trinajstić information content (AvgIpc) is 2.42. The Morgan fingerprint density at radius 3 is 2.37 bits per heavy atom. The molecule has 0 fully saturated rings. The van der Waals surface area contributed by atoms with Crippen molar-refractivity contribution in [2.75, 3.05) is 18.0 Å². The third kappa shape index (κ3) is 4.83. The van der Waals surface area contributed by atoms with Crippen molar-refractivity contribution < 1.29 is 0 Å². The first-order valence-electron chi connectivity index (χ1n) is 7.56. The van der Waals surface area contributed by atoms with Crippen molar-refractivity contribution in [2.45, 2.75) is 59.5 Å². The summed E-state index contributed by atoms with van der Waals surface area (Å²) in [6, 6.07) is 5.21. The lowest BCUT2D eigenvalue weighted by molar-refractivity contribution is 0.568. The van der Waals surface area contributed by atoms with E-state index in [9.17, 15) is 0 Å². The summed E-state index contributed by atoms with van der Waals surface area (Å²) in [6.07, 6.45) is 4.32. The van der Waals surface area contributed by atoms with Gasteiger partial charge in [-0.1, -0.05) is 19.9 Å². The van der Waals surface area contributed by atoms with Crippen molar-refractivity contribution in [1.29, 1.82) is 0 Å². The first-order chi connectivity index (χ1) is 9.10. The number of pyridine rings is 1. The van der Waals surface area contributed by atoms with E-state index in [4.69, 9.17) is 0 Å². The van der Waals surface area contributed by atoms with Crippen molar-refractivity contribution in [3.63, 3.8) is 0 Å². The average molecular weight is 263 g/mol. The SMILES string of the molecule is CCCNC(C)c1ccc(N(CCC)C(C)C)nc1. The molecule has 108 valence electrons. The number of hydrogen-bond donors (Lipinski definition) is 1. The molecule has 0 saturated heterocycles. The van der Waals surface area contributed by atoms with Crippen LogP contribution in [0, 0.1) is 0 Å². The van der Waals surface area contributed by atoms with Crippen LogP contribution in [0.25, 0.3) is 0 Å². The Hall–Kier alpha value is -1.09. The molecule has 0 aliphatic rings. The highest BCUT2D eigenvalue weighted by Gasteiger charge is 2.11. The number of aromatic nitrogens is 1. The van der Waals surface area contributed by atoms with Gasteiger partial charge in [0.2, 0.25) is 0 Å². The Bertz CT molecular complexity index is 346. The number of anilines is 1. The van der Waals surface area contributed by atoms with Gasteiger partial charge in [0.1, 0.15) is 5.82 Å². The summed E-state index contributed by atoms with van der Waals surface area (Å²) in [4.78, 5) is 6.99. The smallest absolute Gasteiger partial charge is 0.128 e. The lowest BCUT2D eigenvalue weighted by Gasteiger charge is -2.27. The largest absolute Gasteiger partial charge is 0.354 e. The summed E-state index contributed by atoms with van der Waals surface area (Å²) in [5, 5.41) is 3.49. The fraction of sp³-hybridized carbons (Fsp3) is 0.688. The summed E-state index contributed by atoms with van der Waals surface area (Å²) in [5.74, 6) is 1.09. The third-order valence-corrected chi connectivity index (χ3v) is 3.35. The van der Waals surface area contributed by atoms with Crippen LogP contribution >= 0.6 is 0 Å². The number of rotatable bonds is 8. The fourth-order valence-electron chi connectivity index (χ4n) is 2.18. The second-order valence-corrected chi connectivity index (χ2v) is 5.41. The predicted octanol–water partition coefficient (Wildman–Crippen LogP) is 3.77. The van der Waals surface area contributed by atoms with Gasteiger partial charge in [-0.05, 0) is 51.8 Å². The summed E-state index contributed by atoms with van der Waals surface area (Å²) >= 11 is 0. The van der Waals surface area contributed by atoms with Crippen molar-refractivity contribution in [3.05, 3.63) is 23.9 Å². The van der Waals surface area contributed by atoms with Crippen molar-refractivity contribution in [2.24, 2.45) is 0 Å². The molecule has 3 nitrogen and oxygen atoms in total. The van der Waals surface area contributed by atoms with Gasteiger partial charge >= 0.3 is 0 Å². The second-order valence-electron chi connectivity index (χ2n) is 5.41. The highest BCUT2D eigenvalue weighted by atomic mass is 15.2. The van der Waals surface area contributed by atoms with Crippen LogP contribution in [-0.2, 0) is 0 Å². The fourth-order valence-corrected chi connectivity index (χ4v) is 2.18. The molecular formula is C16H29N3. The maximum atomic E-state index is 4.63. The van der Waals surface area contributed by atoms with Crippen LogP contribution in [0.1, 0.15) is 59.1 Å². The molecule has 1 N–H and O–H groups in total. The monoisotopic (exact) mass is 263 g/mol. The van der Waals surface area contributed by atoms with Gasteiger partial charge in [-0.3, -0.25) is 0 Å². The zero-order chi connectivity index (χ0) is 14.3. The molecule has 0 bridgehead atoms. The highest BCUT2D eigenvalue weighted by Crippen LogP contribution is 2.18. The first-order valence-corrected chi connectivity index (χ1v) is 7.56. The van der Waals surface area contributed by atoms with Gasteiger partial charge in [-0.2, -0.15) is 0 Å². The van der Waals surface area contributed by atoms with E-state index < -0.39 is 0 Å². The lowest BCUT2D eigenvalue weighted by Crippen LogP contribution is -2.32. The van der Waals surface area contributed by atoms with E-state index in [-0.39, 0.29) is 0 Å². The molecular weight excluding hydrogens is 234 g/mol. The molecule has 19 heavy (non-hydrogen) atoms. The molecule has 0 aromatic carbocycles. The summed E-state index contributed by atoms with van der Waals surface area (Å²) in [5.41, 5.74) is 1.26. The second kappa shape index (κ2) is 8.16.